The zero-order chi connectivity index (χ0) is 19.6. The van der Waals surface area contributed by atoms with Gasteiger partial charge in [0, 0.05) is 12.6 Å². The van der Waals surface area contributed by atoms with Crippen molar-refractivity contribution in [2.45, 2.75) is 37.6 Å². The van der Waals surface area contributed by atoms with Gasteiger partial charge >= 0.3 is 5.97 Å². The number of carboxylic acids is 1. The fraction of sp³-hybridized carbons (Fsp3) is 0.667. The molecule has 0 heterocycles. The molecule has 0 saturated carbocycles. The number of carbonyl (C=O) groups excluding carboxylic acids is 2. The van der Waals surface area contributed by atoms with Gasteiger partial charge in [-0.15, -0.1) is 0 Å². The molecule has 0 rings (SSSR count). The van der Waals surface area contributed by atoms with Crippen LogP contribution >= 0.6 is 12.2 Å². The summed E-state index contributed by atoms with van der Waals surface area (Å²) in [6, 6.07) is -3.20. The maximum absolute atomic E-state index is 12.0. The number of carbonyl (C=O) groups is 3. The molecule has 0 aliphatic heterocycles. The van der Waals surface area contributed by atoms with Crippen LogP contribution in [0.5, 0.6) is 0 Å². The molecule has 1 unspecified atom stereocenters. The predicted molar refractivity (Wildman–Crippen MR) is 90.8 cm³/mol. The van der Waals surface area contributed by atoms with Crippen LogP contribution in [0.4, 0.5) is 0 Å². The summed E-state index contributed by atoms with van der Waals surface area (Å²) < 4.78 is 0. The summed E-state index contributed by atoms with van der Waals surface area (Å²) in [6.07, 6.45) is -1.68. The van der Waals surface area contributed by atoms with Gasteiger partial charge in [0.1, 0.15) is 6.04 Å². The van der Waals surface area contributed by atoms with E-state index < -0.39 is 48.4 Å². The third kappa shape index (κ3) is 9.73. The quantitative estimate of drug-likeness (QED) is 0.123. The number of primary amides is 1. The predicted octanol–water partition coefficient (Wildman–Crippen LogP) is -4.53. The topological polar surface area (TPSA) is 212 Å². The highest BCUT2D eigenvalue weighted by Crippen LogP contribution is 1.96. The smallest absolute Gasteiger partial charge is 0.328 e. The summed E-state index contributed by atoms with van der Waals surface area (Å²) in [7, 11) is 0. The minimum absolute atomic E-state index is 0.0668. The molecule has 2 amide bonds. The summed E-state index contributed by atoms with van der Waals surface area (Å²) >= 11 is 4.89. The molecule has 0 spiro atoms. The minimum atomic E-state index is -1.40. The van der Waals surface area contributed by atoms with E-state index in [9.17, 15) is 19.5 Å². The summed E-state index contributed by atoms with van der Waals surface area (Å²) in [5, 5.41) is 31.6. The van der Waals surface area contributed by atoms with Crippen molar-refractivity contribution in [3.8, 4) is 0 Å². The Morgan fingerprint density at radius 2 is 1.84 bits per heavy atom. The van der Waals surface area contributed by atoms with Crippen LogP contribution < -0.4 is 33.0 Å². The Kier molecular flexibility index (Phi) is 10.5. The van der Waals surface area contributed by atoms with Crippen LogP contribution in [0.1, 0.15) is 13.3 Å². The first-order valence-corrected chi connectivity index (χ1v) is 7.64. The van der Waals surface area contributed by atoms with Crippen molar-refractivity contribution in [1.29, 1.82) is 0 Å². The number of aliphatic hydroxyl groups is 2. The SMILES string of the molecule is CC(O)[C@H](NC(=S)N[C@@H](CC(N)=O)C(=O)NNC[C@@H](N)CO)C(=O)O. The van der Waals surface area contributed by atoms with Gasteiger partial charge in [-0.1, -0.05) is 0 Å². The lowest BCUT2D eigenvalue weighted by Crippen LogP contribution is -2.58. The first-order valence-electron chi connectivity index (χ1n) is 7.23. The third-order valence-electron chi connectivity index (χ3n) is 2.87. The lowest BCUT2D eigenvalue weighted by atomic mass is 10.2. The molecule has 0 saturated heterocycles. The zero-order valence-corrected chi connectivity index (χ0v) is 14.4. The number of rotatable bonds is 11. The number of hydrogen-bond donors (Lipinski definition) is 9. The minimum Gasteiger partial charge on any atom is -0.480 e. The van der Waals surface area contributed by atoms with E-state index in [1.165, 1.54) is 6.92 Å². The van der Waals surface area contributed by atoms with E-state index in [1.54, 1.807) is 0 Å². The highest BCUT2D eigenvalue weighted by Gasteiger charge is 2.26. The van der Waals surface area contributed by atoms with E-state index in [-0.39, 0.29) is 18.3 Å². The molecule has 12 nitrogen and oxygen atoms in total. The van der Waals surface area contributed by atoms with Crippen LogP contribution in [-0.2, 0) is 14.4 Å². The van der Waals surface area contributed by atoms with Crippen molar-refractivity contribution in [3.05, 3.63) is 0 Å². The summed E-state index contributed by atoms with van der Waals surface area (Å²) in [5.41, 5.74) is 15.2. The fourth-order valence-corrected chi connectivity index (χ4v) is 1.83. The maximum atomic E-state index is 12.0. The second-order valence-corrected chi connectivity index (χ2v) is 5.62. The van der Waals surface area contributed by atoms with Crippen LogP contribution in [0.15, 0.2) is 0 Å². The number of amides is 2. The average Bonchev–Trinajstić information content (AvgIpc) is 2.50. The molecule has 0 fully saturated rings. The molecular weight excluding hydrogens is 356 g/mol. The molecule has 0 bridgehead atoms. The molecule has 11 N–H and O–H groups in total. The van der Waals surface area contributed by atoms with Crippen molar-refractivity contribution in [1.82, 2.24) is 21.5 Å². The lowest BCUT2D eigenvalue weighted by Gasteiger charge is -2.23. The maximum Gasteiger partial charge on any atom is 0.328 e. The summed E-state index contributed by atoms with van der Waals surface area (Å²) in [4.78, 5) is 34.1. The highest BCUT2D eigenvalue weighted by molar-refractivity contribution is 7.80. The van der Waals surface area contributed by atoms with Crippen molar-refractivity contribution < 1.29 is 29.7 Å². The van der Waals surface area contributed by atoms with Gasteiger partial charge in [0.25, 0.3) is 5.91 Å². The lowest BCUT2D eigenvalue weighted by molar-refractivity contribution is -0.141. The number of hydrazine groups is 1. The molecule has 0 aromatic rings. The molecule has 0 aliphatic carbocycles. The van der Waals surface area contributed by atoms with E-state index >= 15 is 0 Å². The number of aliphatic hydroxyl groups excluding tert-OH is 2. The number of thiocarbonyl (C=S) groups is 1. The van der Waals surface area contributed by atoms with E-state index in [0.29, 0.717) is 0 Å². The standard InChI is InChI=1S/C12H24N6O6S/c1-5(20)9(11(23)24)17-12(25)16-7(2-8(14)21)10(22)18-15-3-6(13)4-19/h5-7,9,15,19-20H,2-4,13H2,1H3,(H2,14,21)(H,18,22)(H,23,24)(H2,16,17,25)/t5?,6-,7+,9+/m1/s1. The van der Waals surface area contributed by atoms with Crippen molar-refractivity contribution in [2.24, 2.45) is 11.5 Å². The Bertz CT molecular complexity index is 491. The van der Waals surface area contributed by atoms with Gasteiger partial charge in [0.15, 0.2) is 11.2 Å². The molecule has 25 heavy (non-hydrogen) atoms. The number of nitrogens with two attached hydrogens (primary N) is 2. The molecular formula is C12H24N6O6S. The molecule has 0 aromatic heterocycles. The number of aliphatic carboxylic acids is 1. The normalized spacial score (nSPS) is 15.4. The number of hydrogen-bond acceptors (Lipinski definition) is 8. The Morgan fingerprint density at radius 3 is 2.28 bits per heavy atom. The van der Waals surface area contributed by atoms with E-state index in [4.69, 9.17) is 33.9 Å². The average molecular weight is 380 g/mol. The van der Waals surface area contributed by atoms with Gasteiger partial charge in [0.05, 0.1) is 19.1 Å². The fourth-order valence-electron chi connectivity index (χ4n) is 1.56. The summed E-state index contributed by atoms with van der Waals surface area (Å²) in [6.45, 7) is 1.02. The number of carboxylic acid groups (broad SMARTS) is 1. The van der Waals surface area contributed by atoms with Crippen LogP contribution in [0.3, 0.4) is 0 Å². The van der Waals surface area contributed by atoms with Crippen molar-refractivity contribution >= 4 is 35.1 Å². The van der Waals surface area contributed by atoms with Gasteiger partial charge < -0.3 is 37.4 Å². The monoisotopic (exact) mass is 380 g/mol. The second-order valence-electron chi connectivity index (χ2n) is 5.21. The Morgan fingerprint density at radius 1 is 1.24 bits per heavy atom. The van der Waals surface area contributed by atoms with Gasteiger partial charge in [-0.2, -0.15) is 0 Å². The Hall–Kier alpha value is -2.06. The molecule has 144 valence electrons. The van der Waals surface area contributed by atoms with Crippen LogP contribution in [-0.4, -0.2) is 75.6 Å². The third-order valence-corrected chi connectivity index (χ3v) is 3.11. The van der Waals surface area contributed by atoms with Gasteiger partial charge in [0.2, 0.25) is 5.91 Å². The Balaban J connectivity index is 4.75. The summed E-state index contributed by atoms with van der Waals surface area (Å²) in [5.74, 6) is -2.86. The molecule has 13 heteroatoms. The van der Waals surface area contributed by atoms with Crippen LogP contribution in [0.2, 0.25) is 0 Å². The van der Waals surface area contributed by atoms with Crippen molar-refractivity contribution in [3.63, 3.8) is 0 Å². The van der Waals surface area contributed by atoms with E-state index in [2.05, 4.69) is 21.5 Å². The molecule has 0 radical (unpaired) electrons. The van der Waals surface area contributed by atoms with Crippen molar-refractivity contribution in [2.75, 3.05) is 13.2 Å². The Labute approximate surface area is 149 Å². The molecule has 0 aliphatic rings. The van der Waals surface area contributed by atoms with Gasteiger partial charge in [-0.25, -0.2) is 10.2 Å². The molecule has 4 atom stereocenters. The highest BCUT2D eigenvalue weighted by atomic mass is 32.1. The molecule has 0 aromatic carbocycles. The first kappa shape index (κ1) is 22.9. The van der Waals surface area contributed by atoms with E-state index in [0.717, 1.165) is 0 Å². The van der Waals surface area contributed by atoms with Gasteiger partial charge in [-0.05, 0) is 19.1 Å². The number of nitrogens with one attached hydrogen (secondary N) is 4. The van der Waals surface area contributed by atoms with Crippen LogP contribution in [0.25, 0.3) is 0 Å². The van der Waals surface area contributed by atoms with Crippen LogP contribution in [0, 0.1) is 0 Å². The van der Waals surface area contributed by atoms with E-state index in [1.807, 2.05) is 0 Å². The second kappa shape index (κ2) is 11.5. The first-order chi connectivity index (χ1) is 11.6. The van der Waals surface area contributed by atoms with Gasteiger partial charge in [-0.3, -0.25) is 15.0 Å². The largest absolute Gasteiger partial charge is 0.480 e. The zero-order valence-electron chi connectivity index (χ0n) is 13.6.